The van der Waals surface area contributed by atoms with Crippen LogP contribution in [0.1, 0.15) is 24.8 Å². The van der Waals surface area contributed by atoms with Gasteiger partial charge in [-0.25, -0.2) is 8.42 Å². The van der Waals surface area contributed by atoms with Gasteiger partial charge in [0, 0.05) is 30.9 Å². The summed E-state index contributed by atoms with van der Waals surface area (Å²) in [5, 5.41) is 23.2. The van der Waals surface area contributed by atoms with Gasteiger partial charge in [0.2, 0.25) is 10.0 Å². The maximum atomic E-state index is 13.1. The minimum Gasteiger partial charge on any atom is -0.495 e. The first-order valence-electron chi connectivity index (χ1n) is 9.00. The number of methoxy groups -OCH3 is 1. The van der Waals surface area contributed by atoms with Crippen molar-refractivity contribution in [3.8, 4) is 11.8 Å². The number of nitro groups is 1. The molecule has 2 aromatic rings. The predicted molar refractivity (Wildman–Crippen MR) is 107 cm³/mol. The highest BCUT2D eigenvalue weighted by Crippen LogP contribution is 2.33. The van der Waals surface area contributed by atoms with Crippen LogP contribution in [0.25, 0.3) is 0 Å². The van der Waals surface area contributed by atoms with Crippen molar-refractivity contribution in [2.75, 3.05) is 25.5 Å². The molecule has 1 fully saturated rings. The van der Waals surface area contributed by atoms with Crippen molar-refractivity contribution < 1.29 is 18.1 Å². The fourth-order valence-electron chi connectivity index (χ4n) is 3.20. The van der Waals surface area contributed by atoms with E-state index in [-0.39, 0.29) is 21.9 Å². The normalized spacial score (nSPS) is 14.8. The summed E-state index contributed by atoms with van der Waals surface area (Å²) in [6.07, 6.45) is 2.63. The smallest absolute Gasteiger partial charge is 0.270 e. The van der Waals surface area contributed by atoms with Crippen LogP contribution in [0.2, 0.25) is 0 Å². The van der Waals surface area contributed by atoms with E-state index in [1.165, 1.54) is 35.7 Å². The summed E-state index contributed by atoms with van der Waals surface area (Å²) in [7, 11) is -2.33. The van der Waals surface area contributed by atoms with Crippen LogP contribution in [-0.2, 0) is 10.0 Å². The van der Waals surface area contributed by atoms with E-state index in [0.717, 1.165) is 25.3 Å². The zero-order chi connectivity index (χ0) is 21.0. The summed E-state index contributed by atoms with van der Waals surface area (Å²) in [5.74, 6) is 0.227. The highest BCUT2D eigenvalue weighted by Gasteiger charge is 2.29. The van der Waals surface area contributed by atoms with E-state index in [2.05, 4.69) is 5.32 Å². The van der Waals surface area contributed by atoms with Crippen LogP contribution in [0.3, 0.4) is 0 Å². The fraction of sp³-hybridized carbons (Fsp3) is 0.316. The molecular formula is C19H20N4O5S. The van der Waals surface area contributed by atoms with Crippen molar-refractivity contribution >= 4 is 27.1 Å². The van der Waals surface area contributed by atoms with Crippen molar-refractivity contribution in [2.24, 2.45) is 0 Å². The molecule has 29 heavy (non-hydrogen) atoms. The highest BCUT2D eigenvalue weighted by atomic mass is 32.2. The van der Waals surface area contributed by atoms with Gasteiger partial charge in [-0.1, -0.05) is 6.42 Å². The third-order valence-corrected chi connectivity index (χ3v) is 6.63. The van der Waals surface area contributed by atoms with E-state index in [0.29, 0.717) is 24.5 Å². The Bertz CT molecular complexity index is 1070. The standard InChI is InChI=1S/C19H20N4O5S/c1-28-18-8-5-15(12-19(18)29(26,27)22-9-3-2-4-10-22)21-17-7-6-16(23(24)25)11-14(17)13-20/h5-8,11-12,21H,2-4,9-10H2,1H3. The molecule has 0 amide bonds. The lowest BCUT2D eigenvalue weighted by Gasteiger charge is -2.26. The van der Waals surface area contributed by atoms with E-state index in [1.54, 1.807) is 6.07 Å². The van der Waals surface area contributed by atoms with Gasteiger partial charge < -0.3 is 10.1 Å². The highest BCUT2D eigenvalue weighted by molar-refractivity contribution is 7.89. The summed E-state index contributed by atoms with van der Waals surface area (Å²) < 4.78 is 32.9. The number of nitrogens with zero attached hydrogens (tertiary/aromatic N) is 3. The summed E-state index contributed by atoms with van der Waals surface area (Å²) in [4.78, 5) is 10.4. The molecule has 0 saturated carbocycles. The number of benzene rings is 2. The molecule has 0 aliphatic carbocycles. The van der Waals surface area contributed by atoms with Gasteiger partial charge in [-0.05, 0) is 37.1 Å². The average molecular weight is 416 g/mol. The van der Waals surface area contributed by atoms with Gasteiger partial charge in [0.25, 0.3) is 5.69 Å². The Labute approximate surface area is 168 Å². The second-order valence-corrected chi connectivity index (χ2v) is 8.46. The zero-order valence-corrected chi connectivity index (χ0v) is 16.6. The SMILES string of the molecule is COc1ccc(Nc2ccc([N+](=O)[O-])cc2C#N)cc1S(=O)(=O)N1CCCCC1. The molecule has 9 nitrogen and oxygen atoms in total. The number of hydrogen-bond donors (Lipinski definition) is 1. The van der Waals surface area contributed by atoms with Crippen molar-refractivity contribution in [2.45, 2.75) is 24.2 Å². The first-order valence-corrected chi connectivity index (χ1v) is 10.4. The minimum atomic E-state index is -3.74. The monoisotopic (exact) mass is 416 g/mol. The lowest BCUT2D eigenvalue weighted by atomic mass is 10.1. The van der Waals surface area contributed by atoms with Gasteiger partial charge in [0.1, 0.15) is 16.7 Å². The molecule has 0 spiro atoms. The second kappa shape index (κ2) is 8.46. The van der Waals surface area contributed by atoms with E-state index in [9.17, 15) is 23.8 Å². The molecule has 0 radical (unpaired) electrons. The summed E-state index contributed by atoms with van der Waals surface area (Å²) in [6, 6.07) is 10.4. The van der Waals surface area contributed by atoms with Crippen LogP contribution in [0.5, 0.6) is 5.75 Å². The molecule has 0 atom stereocenters. The Morgan fingerprint density at radius 2 is 1.90 bits per heavy atom. The third kappa shape index (κ3) is 4.31. The zero-order valence-electron chi connectivity index (χ0n) is 15.8. The Kier molecular flexibility index (Phi) is 6.00. The van der Waals surface area contributed by atoms with E-state index in [1.807, 2.05) is 6.07 Å². The van der Waals surface area contributed by atoms with Crippen LogP contribution < -0.4 is 10.1 Å². The van der Waals surface area contributed by atoms with Crippen LogP contribution in [0.15, 0.2) is 41.3 Å². The van der Waals surface area contributed by atoms with Gasteiger partial charge in [-0.2, -0.15) is 9.57 Å². The molecule has 1 N–H and O–H groups in total. The molecule has 2 aromatic carbocycles. The molecule has 1 aliphatic rings. The second-order valence-electron chi connectivity index (χ2n) is 6.55. The van der Waals surface area contributed by atoms with E-state index < -0.39 is 14.9 Å². The Hall–Kier alpha value is -3.16. The number of ether oxygens (including phenoxy) is 1. The largest absolute Gasteiger partial charge is 0.495 e. The summed E-state index contributed by atoms with van der Waals surface area (Å²) in [5.41, 5.74) is 0.641. The lowest BCUT2D eigenvalue weighted by Crippen LogP contribution is -2.35. The Morgan fingerprint density at radius 1 is 1.17 bits per heavy atom. The number of anilines is 2. The number of nitriles is 1. The predicted octanol–water partition coefficient (Wildman–Crippen LogP) is 3.39. The molecule has 152 valence electrons. The van der Waals surface area contributed by atoms with Crippen molar-refractivity contribution in [3.63, 3.8) is 0 Å². The summed E-state index contributed by atoms with van der Waals surface area (Å²) in [6.45, 7) is 0.925. The third-order valence-electron chi connectivity index (χ3n) is 4.71. The van der Waals surface area contributed by atoms with Crippen LogP contribution in [0.4, 0.5) is 17.1 Å². The number of rotatable bonds is 6. The molecule has 1 saturated heterocycles. The van der Waals surface area contributed by atoms with Crippen molar-refractivity contribution in [3.05, 3.63) is 52.1 Å². The number of hydrogen-bond acceptors (Lipinski definition) is 7. The van der Waals surface area contributed by atoms with Crippen LogP contribution in [0, 0.1) is 21.4 Å². The van der Waals surface area contributed by atoms with Gasteiger partial charge in [-0.3, -0.25) is 10.1 Å². The molecule has 1 heterocycles. The van der Waals surface area contributed by atoms with Crippen LogP contribution in [-0.4, -0.2) is 37.8 Å². The molecular weight excluding hydrogens is 396 g/mol. The van der Waals surface area contributed by atoms with E-state index in [4.69, 9.17) is 4.74 Å². The van der Waals surface area contributed by atoms with Gasteiger partial charge >= 0.3 is 0 Å². The quantitative estimate of drug-likeness (QED) is 0.565. The summed E-state index contributed by atoms with van der Waals surface area (Å²) >= 11 is 0. The number of non-ortho nitro benzene ring substituents is 1. The first-order chi connectivity index (χ1) is 13.9. The van der Waals surface area contributed by atoms with Crippen molar-refractivity contribution in [1.82, 2.24) is 4.31 Å². The number of nitrogens with one attached hydrogen (secondary N) is 1. The average Bonchev–Trinajstić information content (AvgIpc) is 2.74. The van der Waals surface area contributed by atoms with Gasteiger partial charge in [0.05, 0.1) is 23.3 Å². The molecule has 10 heteroatoms. The molecule has 0 unspecified atom stereocenters. The molecule has 3 rings (SSSR count). The van der Waals surface area contributed by atoms with Crippen molar-refractivity contribution in [1.29, 1.82) is 5.26 Å². The van der Waals surface area contributed by atoms with E-state index >= 15 is 0 Å². The Balaban J connectivity index is 1.97. The molecule has 0 bridgehead atoms. The lowest BCUT2D eigenvalue weighted by molar-refractivity contribution is -0.384. The molecule has 0 aromatic heterocycles. The topological polar surface area (TPSA) is 126 Å². The minimum absolute atomic E-state index is 0.0346. The number of sulfonamides is 1. The number of nitro benzene ring substituents is 1. The first kappa shape index (κ1) is 20.6. The Morgan fingerprint density at radius 3 is 2.52 bits per heavy atom. The van der Waals surface area contributed by atoms with Crippen LogP contribution >= 0.6 is 0 Å². The van der Waals surface area contributed by atoms with Gasteiger partial charge in [0.15, 0.2) is 0 Å². The number of piperidine rings is 1. The molecule has 1 aliphatic heterocycles. The van der Waals surface area contributed by atoms with Gasteiger partial charge in [-0.15, -0.1) is 0 Å². The maximum Gasteiger partial charge on any atom is 0.270 e. The fourth-order valence-corrected chi connectivity index (χ4v) is 4.90. The maximum absolute atomic E-state index is 13.1.